The molecule has 17 heavy (non-hydrogen) atoms. The fourth-order valence-electron chi connectivity index (χ4n) is 2.66. The molecule has 3 heteroatoms. The molecule has 0 heterocycles. The summed E-state index contributed by atoms with van der Waals surface area (Å²) in [7, 11) is 4.23. The second-order valence-electron chi connectivity index (χ2n) is 5.46. The highest BCUT2D eigenvalue weighted by atomic mass is 15.2. The summed E-state index contributed by atoms with van der Waals surface area (Å²) in [6, 6.07) is 0. The molecule has 1 aliphatic carbocycles. The summed E-state index contributed by atoms with van der Waals surface area (Å²) >= 11 is 0. The van der Waals surface area contributed by atoms with Crippen molar-refractivity contribution >= 4 is 5.84 Å². The van der Waals surface area contributed by atoms with Crippen molar-refractivity contribution in [2.45, 2.75) is 45.4 Å². The Morgan fingerprint density at radius 1 is 1.12 bits per heavy atom. The lowest BCUT2D eigenvalue weighted by atomic mass is 9.88. The lowest BCUT2D eigenvalue weighted by Crippen LogP contribution is -2.37. The van der Waals surface area contributed by atoms with Crippen LogP contribution < -0.4 is 0 Å². The Labute approximate surface area is 107 Å². The summed E-state index contributed by atoms with van der Waals surface area (Å²) in [5.74, 6) is 1.45. The maximum absolute atomic E-state index is 8.34. The van der Waals surface area contributed by atoms with Crippen LogP contribution in [0.1, 0.15) is 45.4 Å². The minimum absolute atomic E-state index is 0.544. The van der Waals surface area contributed by atoms with Gasteiger partial charge in [-0.15, -0.1) is 0 Å². The van der Waals surface area contributed by atoms with Crippen LogP contribution in [0.3, 0.4) is 0 Å². The highest BCUT2D eigenvalue weighted by Gasteiger charge is 2.21. The van der Waals surface area contributed by atoms with E-state index in [0.29, 0.717) is 5.92 Å². The molecule has 0 aliphatic heterocycles. The zero-order valence-electron chi connectivity index (χ0n) is 11.8. The first-order valence-electron chi connectivity index (χ1n) is 7.13. The molecule has 0 radical (unpaired) electrons. The number of amidine groups is 1. The smallest absolute Gasteiger partial charge is 0.0989 e. The van der Waals surface area contributed by atoms with Gasteiger partial charge in [-0.1, -0.05) is 19.3 Å². The van der Waals surface area contributed by atoms with Gasteiger partial charge in [-0.2, -0.15) is 0 Å². The zero-order chi connectivity index (χ0) is 12.7. The molecule has 0 bridgehead atoms. The Morgan fingerprint density at radius 2 is 1.76 bits per heavy atom. The summed E-state index contributed by atoms with van der Waals surface area (Å²) in [4.78, 5) is 4.50. The average Bonchev–Trinajstić information content (AvgIpc) is 2.34. The van der Waals surface area contributed by atoms with Crippen molar-refractivity contribution in [2.24, 2.45) is 5.92 Å². The first-order valence-corrected chi connectivity index (χ1v) is 7.13. The van der Waals surface area contributed by atoms with E-state index in [1.165, 1.54) is 32.1 Å². The Kier molecular flexibility index (Phi) is 6.56. The normalized spacial score (nSPS) is 17.4. The Bertz CT molecular complexity index is 220. The topological polar surface area (TPSA) is 30.3 Å². The molecule has 1 aliphatic rings. The third-order valence-corrected chi connectivity index (χ3v) is 3.75. The highest BCUT2D eigenvalue weighted by Crippen LogP contribution is 2.25. The van der Waals surface area contributed by atoms with Crippen molar-refractivity contribution in [2.75, 3.05) is 33.7 Å². The van der Waals surface area contributed by atoms with E-state index in [4.69, 9.17) is 5.41 Å². The molecule has 1 N–H and O–H groups in total. The lowest BCUT2D eigenvalue weighted by Gasteiger charge is -2.31. The van der Waals surface area contributed by atoms with E-state index in [2.05, 4.69) is 30.8 Å². The van der Waals surface area contributed by atoms with Crippen molar-refractivity contribution in [3.63, 3.8) is 0 Å². The molecule has 0 atom stereocenters. The van der Waals surface area contributed by atoms with Crippen molar-refractivity contribution in [1.29, 1.82) is 5.41 Å². The van der Waals surface area contributed by atoms with Crippen LogP contribution in [0.25, 0.3) is 0 Å². The van der Waals surface area contributed by atoms with Gasteiger partial charge in [-0.25, -0.2) is 0 Å². The Balaban J connectivity index is 2.34. The maximum atomic E-state index is 8.34. The molecule has 1 fully saturated rings. The Morgan fingerprint density at radius 3 is 2.29 bits per heavy atom. The van der Waals surface area contributed by atoms with Gasteiger partial charge in [0.05, 0.1) is 5.84 Å². The van der Waals surface area contributed by atoms with Crippen molar-refractivity contribution in [1.82, 2.24) is 9.80 Å². The van der Waals surface area contributed by atoms with Crippen LogP contribution >= 0.6 is 0 Å². The molecule has 0 unspecified atom stereocenters. The van der Waals surface area contributed by atoms with Crippen LogP contribution in [-0.4, -0.2) is 49.4 Å². The van der Waals surface area contributed by atoms with Gasteiger partial charge < -0.3 is 9.80 Å². The van der Waals surface area contributed by atoms with Crippen LogP contribution in [0, 0.1) is 11.3 Å². The number of hydrogen-bond acceptors (Lipinski definition) is 2. The summed E-state index contributed by atoms with van der Waals surface area (Å²) < 4.78 is 0. The minimum atomic E-state index is 0.544. The van der Waals surface area contributed by atoms with Gasteiger partial charge in [-0.3, -0.25) is 5.41 Å². The Hall–Kier alpha value is -0.570. The van der Waals surface area contributed by atoms with E-state index in [-0.39, 0.29) is 0 Å². The molecule has 0 aromatic carbocycles. The fraction of sp³-hybridized carbons (Fsp3) is 0.929. The molecule has 0 saturated heterocycles. The van der Waals surface area contributed by atoms with E-state index in [0.717, 1.165) is 31.9 Å². The van der Waals surface area contributed by atoms with E-state index in [9.17, 15) is 0 Å². The summed E-state index contributed by atoms with van der Waals surface area (Å²) in [6.45, 7) is 5.33. The summed E-state index contributed by atoms with van der Waals surface area (Å²) in [6.07, 6.45) is 7.66. The predicted molar refractivity (Wildman–Crippen MR) is 74.7 cm³/mol. The summed E-state index contributed by atoms with van der Waals surface area (Å²) in [5.41, 5.74) is 0. The molecule has 0 spiro atoms. The molecule has 1 rings (SSSR count). The van der Waals surface area contributed by atoms with Crippen LogP contribution in [0.2, 0.25) is 0 Å². The van der Waals surface area contributed by atoms with Crippen LogP contribution in [0.5, 0.6) is 0 Å². The first kappa shape index (κ1) is 14.5. The maximum Gasteiger partial charge on any atom is 0.0989 e. The third kappa shape index (κ3) is 5.07. The number of rotatable bonds is 6. The van der Waals surface area contributed by atoms with Gasteiger partial charge in [0.2, 0.25) is 0 Å². The van der Waals surface area contributed by atoms with Crippen molar-refractivity contribution < 1.29 is 0 Å². The monoisotopic (exact) mass is 239 g/mol. The average molecular weight is 239 g/mol. The van der Waals surface area contributed by atoms with Crippen LogP contribution in [0.15, 0.2) is 0 Å². The molecule has 1 saturated carbocycles. The standard InChI is InChI=1S/C14H29N3/c1-4-17(12-8-11-16(2)3)14(15)13-9-6-5-7-10-13/h13,15H,4-12H2,1-3H3. The molecule has 100 valence electrons. The van der Waals surface area contributed by atoms with E-state index in [1.54, 1.807) is 0 Å². The van der Waals surface area contributed by atoms with Gasteiger partial charge in [0, 0.05) is 19.0 Å². The second-order valence-corrected chi connectivity index (χ2v) is 5.46. The minimum Gasteiger partial charge on any atom is -0.361 e. The van der Waals surface area contributed by atoms with E-state index < -0.39 is 0 Å². The fourth-order valence-corrected chi connectivity index (χ4v) is 2.66. The highest BCUT2D eigenvalue weighted by molar-refractivity contribution is 5.81. The molecule has 0 aromatic heterocycles. The SMILES string of the molecule is CCN(CCCN(C)C)C(=N)C1CCCCC1. The quantitative estimate of drug-likeness (QED) is 0.570. The van der Waals surface area contributed by atoms with Crippen molar-refractivity contribution in [3.05, 3.63) is 0 Å². The predicted octanol–water partition coefficient (Wildman–Crippen LogP) is 2.82. The third-order valence-electron chi connectivity index (χ3n) is 3.75. The zero-order valence-corrected chi connectivity index (χ0v) is 11.8. The molecular weight excluding hydrogens is 210 g/mol. The van der Waals surface area contributed by atoms with Gasteiger partial charge in [0.15, 0.2) is 0 Å². The van der Waals surface area contributed by atoms with Gasteiger partial charge in [0.25, 0.3) is 0 Å². The first-order chi connectivity index (χ1) is 8.15. The summed E-state index contributed by atoms with van der Waals surface area (Å²) in [5, 5.41) is 8.34. The second kappa shape index (κ2) is 7.70. The molecule has 3 nitrogen and oxygen atoms in total. The van der Waals surface area contributed by atoms with Crippen LogP contribution in [-0.2, 0) is 0 Å². The van der Waals surface area contributed by atoms with E-state index >= 15 is 0 Å². The van der Waals surface area contributed by atoms with E-state index in [1.807, 2.05) is 0 Å². The van der Waals surface area contributed by atoms with Crippen molar-refractivity contribution in [3.8, 4) is 0 Å². The number of hydrogen-bond donors (Lipinski definition) is 1. The van der Waals surface area contributed by atoms with Gasteiger partial charge in [0.1, 0.15) is 0 Å². The molecular formula is C14H29N3. The molecule has 0 aromatic rings. The van der Waals surface area contributed by atoms with Crippen LogP contribution in [0.4, 0.5) is 0 Å². The lowest BCUT2D eigenvalue weighted by molar-refractivity contribution is 0.329. The van der Waals surface area contributed by atoms with Gasteiger partial charge in [-0.05, 0) is 46.8 Å². The number of nitrogens with one attached hydrogen (secondary N) is 1. The number of nitrogens with zero attached hydrogens (tertiary/aromatic N) is 2. The largest absolute Gasteiger partial charge is 0.361 e. The van der Waals surface area contributed by atoms with Gasteiger partial charge >= 0.3 is 0 Å². The molecule has 0 amide bonds.